The number of nitrogens with zero attached hydrogens (tertiary/aromatic N) is 2. The first-order valence-corrected chi connectivity index (χ1v) is 12.2. The Labute approximate surface area is 160 Å². The third-order valence-electron chi connectivity index (χ3n) is 3.87. The lowest BCUT2D eigenvalue weighted by molar-refractivity contribution is 0.356. The van der Waals surface area contributed by atoms with Crippen molar-refractivity contribution in [2.45, 2.75) is 19.6 Å². The van der Waals surface area contributed by atoms with Crippen molar-refractivity contribution in [2.75, 3.05) is 19.5 Å². The second-order valence-corrected chi connectivity index (χ2v) is 11.9. The van der Waals surface area contributed by atoms with Gasteiger partial charge < -0.3 is 14.8 Å². The van der Waals surface area contributed by atoms with E-state index in [1.54, 1.807) is 14.2 Å². The molecule has 0 saturated carbocycles. The van der Waals surface area contributed by atoms with Crippen molar-refractivity contribution < 1.29 is 9.47 Å². The zero-order valence-electron chi connectivity index (χ0n) is 16.3. The third kappa shape index (κ3) is 4.57. The molecule has 0 bridgehead atoms. The number of nitrogens with one attached hydrogen (secondary N) is 1. The Morgan fingerprint density at radius 3 is 2.22 bits per heavy atom. The highest BCUT2D eigenvalue weighted by molar-refractivity contribution is 6.83. The third-order valence-corrected chi connectivity index (χ3v) is 4.75. The van der Waals surface area contributed by atoms with Crippen molar-refractivity contribution >= 4 is 30.5 Å². The molecule has 27 heavy (non-hydrogen) atoms. The minimum Gasteiger partial charge on any atom is -0.493 e. The highest BCUT2D eigenvalue weighted by Gasteiger charge is 2.11. The van der Waals surface area contributed by atoms with Gasteiger partial charge in [0, 0.05) is 22.7 Å². The van der Waals surface area contributed by atoms with Gasteiger partial charge in [0.2, 0.25) is 0 Å². The first-order valence-electron chi connectivity index (χ1n) is 8.66. The Kier molecular flexibility index (Phi) is 5.33. The number of methoxy groups -OCH3 is 2. The molecule has 0 amide bonds. The van der Waals surface area contributed by atoms with Crippen LogP contribution in [0.15, 0.2) is 42.7 Å². The van der Waals surface area contributed by atoms with Crippen LogP contribution in [-0.2, 0) is 0 Å². The molecule has 1 N–H and O–H groups in total. The van der Waals surface area contributed by atoms with E-state index in [1.807, 2.05) is 36.4 Å². The molecule has 0 aliphatic heterocycles. The van der Waals surface area contributed by atoms with Crippen molar-refractivity contribution in [3.05, 3.63) is 48.3 Å². The molecule has 1 heterocycles. The van der Waals surface area contributed by atoms with Crippen molar-refractivity contribution in [1.29, 1.82) is 0 Å². The van der Waals surface area contributed by atoms with Gasteiger partial charge in [-0.25, -0.2) is 9.97 Å². The largest absolute Gasteiger partial charge is 0.493 e. The minimum atomic E-state index is -1.38. The molecule has 6 heteroatoms. The van der Waals surface area contributed by atoms with Crippen LogP contribution in [0, 0.1) is 11.5 Å². The van der Waals surface area contributed by atoms with Gasteiger partial charge in [0.25, 0.3) is 0 Å². The highest BCUT2D eigenvalue weighted by Crippen LogP contribution is 2.34. The summed E-state index contributed by atoms with van der Waals surface area (Å²) < 4.78 is 10.7. The normalized spacial score (nSPS) is 10.9. The van der Waals surface area contributed by atoms with Crippen LogP contribution in [-0.4, -0.2) is 32.3 Å². The fourth-order valence-corrected chi connectivity index (χ4v) is 3.04. The number of ether oxygens (including phenoxy) is 2. The molecule has 1 aromatic heterocycles. The molecule has 3 aromatic rings. The summed E-state index contributed by atoms with van der Waals surface area (Å²) in [7, 11) is 1.84. The van der Waals surface area contributed by atoms with E-state index in [-0.39, 0.29) is 0 Å². The predicted molar refractivity (Wildman–Crippen MR) is 113 cm³/mol. The molecule has 0 aliphatic carbocycles. The maximum Gasteiger partial charge on any atom is 0.162 e. The molecule has 0 radical (unpaired) electrons. The van der Waals surface area contributed by atoms with Crippen molar-refractivity contribution in [1.82, 2.24) is 9.97 Å². The fraction of sp³-hybridized carbons (Fsp3) is 0.238. The van der Waals surface area contributed by atoms with Gasteiger partial charge in [-0.2, -0.15) is 0 Å². The van der Waals surface area contributed by atoms with E-state index in [0.29, 0.717) is 17.3 Å². The second kappa shape index (κ2) is 7.68. The molecule has 0 fully saturated rings. The van der Waals surface area contributed by atoms with Crippen LogP contribution in [0.2, 0.25) is 19.6 Å². The van der Waals surface area contributed by atoms with Crippen LogP contribution < -0.4 is 14.8 Å². The summed E-state index contributed by atoms with van der Waals surface area (Å²) in [5, 5.41) is 4.21. The van der Waals surface area contributed by atoms with Gasteiger partial charge in [0.15, 0.2) is 11.5 Å². The Bertz CT molecular complexity index is 1020. The predicted octanol–water partition coefficient (Wildman–Crippen LogP) is 4.62. The standard InChI is InChI=1S/C21H23N3O2Si/c1-25-19-12-17-18(13-20(19)26-2)22-14-23-21(17)24-16-8-6-15(7-9-16)10-11-27(3,4)5/h6-9,12-14H,1-5H3,(H,22,23,24). The smallest absolute Gasteiger partial charge is 0.162 e. The van der Waals surface area contributed by atoms with E-state index in [2.05, 4.69) is 46.4 Å². The summed E-state index contributed by atoms with van der Waals surface area (Å²) >= 11 is 0. The SMILES string of the molecule is COc1cc2ncnc(Nc3ccc(C#C[Si](C)(C)C)cc3)c2cc1OC. The average Bonchev–Trinajstić information content (AvgIpc) is 2.66. The van der Waals surface area contributed by atoms with Crippen LogP contribution in [0.5, 0.6) is 11.5 Å². The highest BCUT2D eigenvalue weighted by atomic mass is 28.3. The summed E-state index contributed by atoms with van der Waals surface area (Å²) in [6.07, 6.45) is 1.53. The number of aromatic nitrogens is 2. The summed E-state index contributed by atoms with van der Waals surface area (Å²) in [4.78, 5) is 8.71. The summed E-state index contributed by atoms with van der Waals surface area (Å²) in [6.45, 7) is 6.71. The van der Waals surface area contributed by atoms with E-state index < -0.39 is 8.07 Å². The molecule has 0 spiro atoms. The topological polar surface area (TPSA) is 56.3 Å². The van der Waals surface area contributed by atoms with Crippen LogP contribution in [0.3, 0.4) is 0 Å². The average molecular weight is 378 g/mol. The van der Waals surface area contributed by atoms with Gasteiger partial charge in [-0.3, -0.25) is 0 Å². The second-order valence-electron chi connectivity index (χ2n) is 7.15. The Morgan fingerprint density at radius 1 is 0.926 bits per heavy atom. The van der Waals surface area contributed by atoms with E-state index >= 15 is 0 Å². The molecule has 0 aliphatic rings. The lowest BCUT2D eigenvalue weighted by atomic mass is 10.2. The maximum atomic E-state index is 5.40. The van der Waals surface area contributed by atoms with Crippen LogP contribution in [0.25, 0.3) is 10.9 Å². The van der Waals surface area contributed by atoms with Gasteiger partial charge in [0.1, 0.15) is 20.2 Å². The number of hydrogen-bond acceptors (Lipinski definition) is 5. The van der Waals surface area contributed by atoms with Crippen molar-refractivity contribution in [3.8, 4) is 23.0 Å². The van der Waals surface area contributed by atoms with Gasteiger partial charge in [0.05, 0.1) is 19.7 Å². The Balaban J connectivity index is 1.91. The lowest BCUT2D eigenvalue weighted by Gasteiger charge is -2.12. The molecule has 5 nitrogen and oxygen atoms in total. The Hall–Kier alpha value is -3.04. The fourth-order valence-electron chi connectivity index (χ4n) is 2.52. The van der Waals surface area contributed by atoms with Crippen LogP contribution in [0.4, 0.5) is 11.5 Å². The van der Waals surface area contributed by atoms with E-state index in [0.717, 1.165) is 22.2 Å². The monoisotopic (exact) mass is 377 g/mol. The summed E-state index contributed by atoms with van der Waals surface area (Å²) in [5.74, 6) is 5.25. The first kappa shape index (κ1) is 18.7. The molecular formula is C21H23N3O2Si. The molecule has 0 saturated heterocycles. The molecule has 0 atom stereocenters. The van der Waals surface area contributed by atoms with Gasteiger partial charge in [-0.15, -0.1) is 5.54 Å². The molecule has 3 rings (SSSR count). The number of benzene rings is 2. The molecular weight excluding hydrogens is 354 g/mol. The first-order chi connectivity index (χ1) is 12.9. The van der Waals surface area contributed by atoms with E-state index in [9.17, 15) is 0 Å². The molecule has 138 valence electrons. The van der Waals surface area contributed by atoms with Gasteiger partial charge in [-0.1, -0.05) is 25.6 Å². The summed E-state index contributed by atoms with van der Waals surface area (Å²) in [5.41, 5.74) is 6.11. The van der Waals surface area contributed by atoms with Gasteiger partial charge in [-0.05, 0) is 30.3 Å². The van der Waals surface area contributed by atoms with E-state index in [4.69, 9.17) is 9.47 Å². The number of anilines is 2. The van der Waals surface area contributed by atoms with Crippen molar-refractivity contribution in [3.63, 3.8) is 0 Å². The lowest BCUT2D eigenvalue weighted by Crippen LogP contribution is -2.16. The zero-order chi connectivity index (χ0) is 19.4. The number of fused-ring (bicyclic) bond motifs is 1. The number of hydrogen-bond donors (Lipinski definition) is 1. The zero-order valence-corrected chi connectivity index (χ0v) is 17.3. The summed E-state index contributed by atoms with van der Waals surface area (Å²) in [6, 6.07) is 11.8. The van der Waals surface area contributed by atoms with Crippen molar-refractivity contribution in [2.24, 2.45) is 0 Å². The van der Waals surface area contributed by atoms with Crippen LogP contribution in [0.1, 0.15) is 5.56 Å². The van der Waals surface area contributed by atoms with Crippen LogP contribution >= 0.6 is 0 Å². The number of rotatable bonds is 4. The maximum absolute atomic E-state index is 5.40. The van der Waals surface area contributed by atoms with Gasteiger partial charge >= 0.3 is 0 Å². The molecule has 2 aromatic carbocycles. The van der Waals surface area contributed by atoms with E-state index in [1.165, 1.54) is 6.33 Å². The minimum absolute atomic E-state index is 0.639. The molecule has 0 unspecified atom stereocenters. The Morgan fingerprint density at radius 2 is 1.59 bits per heavy atom. The quantitative estimate of drug-likeness (QED) is 0.531.